The van der Waals surface area contributed by atoms with E-state index in [1.54, 1.807) is 0 Å². The van der Waals surface area contributed by atoms with Crippen LogP contribution < -0.4 is 10.9 Å². The lowest BCUT2D eigenvalue weighted by Gasteiger charge is -2.35. The summed E-state index contributed by atoms with van der Waals surface area (Å²) in [6.07, 6.45) is 1.40. The van der Waals surface area contributed by atoms with E-state index in [4.69, 9.17) is 0 Å². The normalized spacial score (nSPS) is 15.2. The van der Waals surface area contributed by atoms with Gasteiger partial charge in [-0.3, -0.25) is 25.2 Å². The molecule has 0 bridgehead atoms. The minimum absolute atomic E-state index is 0.111. The van der Waals surface area contributed by atoms with E-state index in [2.05, 4.69) is 10.9 Å². The molecule has 1 fully saturated rings. The van der Waals surface area contributed by atoms with Gasteiger partial charge in [0.15, 0.2) is 0 Å². The molecular formula is C23H29N3O3. The highest BCUT2D eigenvalue weighted by atomic mass is 16.2. The van der Waals surface area contributed by atoms with Crippen molar-refractivity contribution in [1.82, 2.24) is 15.8 Å². The van der Waals surface area contributed by atoms with Crippen LogP contribution in [0.25, 0.3) is 10.8 Å². The second-order valence-corrected chi connectivity index (χ2v) is 8.67. The monoisotopic (exact) mass is 395 g/mol. The van der Waals surface area contributed by atoms with Gasteiger partial charge in [-0.1, -0.05) is 63.2 Å². The molecule has 29 heavy (non-hydrogen) atoms. The fourth-order valence-electron chi connectivity index (χ4n) is 3.72. The number of hydrogen-bond donors (Lipinski definition) is 2. The zero-order valence-corrected chi connectivity index (χ0v) is 17.3. The predicted octanol–water partition coefficient (Wildman–Crippen LogP) is 2.81. The van der Waals surface area contributed by atoms with E-state index in [-0.39, 0.29) is 30.1 Å². The number of nitrogens with one attached hydrogen (secondary N) is 2. The van der Waals surface area contributed by atoms with Gasteiger partial charge in [0.1, 0.15) is 0 Å². The topological polar surface area (TPSA) is 78.5 Å². The third-order valence-electron chi connectivity index (χ3n) is 5.35. The minimum atomic E-state index is -0.412. The van der Waals surface area contributed by atoms with E-state index in [0.29, 0.717) is 25.9 Å². The fourth-order valence-corrected chi connectivity index (χ4v) is 3.72. The molecule has 0 unspecified atom stereocenters. The molecule has 0 atom stereocenters. The molecule has 0 spiro atoms. The van der Waals surface area contributed by atoms with Gasteiger partial charge in [-0.25, -0.2) is 0 Å². The third-order valence-corrected chi connectivity index (χ3v) is 5.35. The number of fused-ring (bicyclic) bond motifs is 1. The fraction of sp³-hybridized carbons (Fsp3) is 0.435. The molecule has 1 aliphatic heterocycles. The standard InChI is InChI=1S/C23H29N3O3/c1-23(2,3)22(29)26-13-11-17(12-14-26)21(28)25-24-20(27)15-18-9-6-8-16-7-4-5-10-19(16)18/h4-10,17H,11-15H2,1-3H3,(H,24,27)(H,25,28). The molecular weight excluding hydrogens is 366 g/mol. The largest absolute Gasteiger partial charge is 0.342 e. The van der Waals surface area contributed by atoms with Crippen LogP contribution in [0.3, 0.4) is 0 Å². The Labute approximate surface area is 171 Å². The number of benzene rings is 2. The molecule has 3 amide bonds. The van der Waals surface area contributed by atoms with Gasteiger partial charge in [-0.05, 0) is 29.2 Å². The lowest BCUT2D eigenvalue weighted by Crippen LogP contribution is -2.49. The zero-order chi connectivity index (χ0) is 21.0. The van der Waals surface area contributed by atoms with Gasteiger partial charge in [0.25, 0.3) is 0 Å². The molecule has 1 aliphatic rings. The highest BCUT2D eigenvalue weighted by Crippen LogP contribution is 2.23. The summed E-state index contributed by atoms with van der Waals surface area (Å²) in [5.41, 5.74) is 5.59. The lowest BCUT2D eigenvalue weighted by atomic mass is 9.91. The Morgan fingerprint density at radius 1 is 0.966 bits per heavy atom. The van der Waals surface area contributed by atoms with Crippen molar-refractivity contribution < 1.29 is 14.4 Å². The van der Waals surface area contributed by atoms with E-state index in [1.807, 2.05) is 68.1 Å². The number of rotatable bonds is 3. The second kappa shape index (κ2) is 8.64. The Morgan fingerprint density at radius 2 is 1.62 bits per heavy atom. The number of amides is 3. The van der Waals surface area contributed by atoms with Crippen molar-refractivity contribution >= 4 is 28.5 Å². The summed E-state index contributed by atoms with van der Waals surface area (Å²) in [6.45, 7) is 6.84. The molecule has 6 nitrogen and oxygen atoms in total. The van der Waals surface area contributed by atoms with Gasteiger partial charge >= 0.3 is 0 Å². The zero-order valence-electron chi connectivity index (χ0n) is 17.3. The van der Waals surface area contributed by atoms with Crippen LogP contribution in [0, 0.1) is 11.3 Å². The molecule has 2 aromatic carbocycles. The Kier molecular flexibility index (Phi) is 6.20. The van der Waals surface area contributed by atoms with Crippen molar-refractivity contribution in [2.75, 3.05) is 13.1 Å². The van der Waals surface area contributed by atoms with Crippen molar-refractivity contribution in [2.45, 2.75) is 40.0 Å². The molecule has 0 radical (unpaired) electrons. The van der Waals surface area contributed by atoms with E-state index < -0.39 is 5.41 Å². The average Bonchev–Trinajstić information content (AvgIpc) is 2.71. The van der Waals surface area contributed by atoms with Gasteiger partial charge in [0.2, 0.25) is 17.7 Å². The van der Waals surface area contributed by atoms with Gasteiger partial charge < -0.3 is 4.90 Å². The van der Waals surface area contributed by atoms with Gasteiger partial charge in [-0.2, -0.15) is 0 Å². The summed E-state index contributed by atoms with van der Waals surface area (Å²) < 4.78 is 0. The van der Waals surface area contributed by atoms with Crippen molar-refractivity contribution in [3.05, 3.63) is 48.0 Å². The maximum absolute atomic E-state index is 12.4. The summed E-state index contributed by atoms with van der Waals surface area (Å²) in [5, 5.41) is 2.12. The summed E-state index contributed by atoms with van der Waals surface area (Å²) in [6, 6.07) is 13.8. The van der Waals surface area contributed by atoms with Crippen LogP contribution in [0.5, 0.6) is 0 Å². The third kappa shape index (κ3) is 5.13. The summed E-state index contributed by atoms with van der Waals surface area (Å²) in [4.78, 5) is 38.9. The summed E-state index contributed by atoms with van der Waals surface area (Å²) in [7, 11) is 0. The van der Waals surface area contributed by atoms with E-state index in [0.717, 1.165) is 16.3 Å². The smallest absolute Gasteiger partial charge is 0.242 e. The maximum atomic E-state index is 12.4. The molecule has 2 aromatic rings. The molecule has 3 rings (SSSR count). The van der Waals surface area contributed by atoms with Crippen LogP contribution in [0.2, 0.25) is 0 Å². The summed E-state index contributed by atoms with van der Waals surface area (Å²) in [5.74, 6) is -0.536. The SMILES string of the molecule is CC(C)(C)C(=O)N1CCC(C(=O)NNC(=O)Cc2cccc3ccccc23)CC1. The van der Waals surface area contributed by atoms with Gasteiger partial charge in [-0.15, -0.1) is 0 Å². The molecule has 154 valence electrons. The summed E-state index contributed by atoms with van der Waals surface area (Å²) >= 11 is 0. The van der Waals surface area contributed by atoms with Crippen LogP contribution in [0.15, 0.2) is 42.5 Å². The van der Waals surface area contributed by atoms with Crippen LogP contribution in [0.1, 0.15) is 39.2 Å². The highest BCUT2D eigenvalue weighted by Gasteiger charge is 2.32. The van der Waals surface area contributed by atoms with E-state index in [9.17, 15) is 14.4 Å². The Bertz CT molecular complexity index is 904. The number of carbonyl (C=O) groups excluding carboxylic acids is 3. The second-order valence-electron chi connectivity index (χ2n) is 8.67. The van der Waals surface area contributed by atoms with Crippen molar-refractivity contribution in [3.8, 4) is 0 Å². The Morgan fingerprint density at radius 3 is 2.31 bits per heavy atom. The molecule has 1 heterocycles. The first-order valence-electron chi connectivity index (χ1n) is 10.1. The van der Waals surface area contributed by atoms with Crippen LogP contribution >= 0.6 is 0 Å². The maximum Gasteiger partial charge on any atom is 0.242 e. The van der Waals surface area contributed by atoms with Crippen LogP contribution in [0.4, 0.5) is 0 Å². The lowest BCUT2D eigenvalue weighted by molar-refractivity contribution is -0.142. The predicted molar refractivity (Wildman–Crippen MR) is 113 cm³/mol. The molecule has 0 saturated carbocycles. The number of piperidine rings is 1. The van der Waals surface area contributed by atoms with Crippen molar-refractivity contribution in [1.29, 1.82) is 0 Å². The quantitative estimate of drug-likeness (QED) is 0.785. The Balaban J connectivity index is 1.48. The first kappa shape index (κ1) is 20.8. The molecule has 0 aromatic heterocycles. The number of carbonyl (C=O) groups is 3. The first-order chi connectivity index (χ1) is 13.8. The van der Waals surface area contributed by atoms with Gasteiger partial charge in [0, 0.05) is 24.4 Å². The molecule has 2 N–H and O–H groups in total. The van der Waals surface area contributed by atoms with Crippen LogP contribution in [-0.4, -0.2) is 35.7 Å². The van der Waals surface area contributed by atoms with Crippen molar-refractivity contribution in [3.63, 3.8) is 0 Å². The molecule has 6 heteroatoms. The number of hydrogen-bond acceptors (Lipinski definition) is 3. The van der Waals surface area contributed by atoms with Gasteiger partial charge in [0.05, 0.1) is 6.42 Å². The van der Waals surface area contributed by atoms with E-state index >= 15 is 0 Å². The Hall–Kier alpha value is -2.89. The molecule has 0 aliphatic carbocycles. The molecule has 1 saturated heterocycles. The highest BCUT2D eigenvalue weighted by molar-refractivity contribution is 5.91. The van der Waals surface area contributed by atoms with Crippen LogP contribution in [-0.2, 0) is 20.8 Å². The average molecular weight is 396 g/mol. The number of nitrogens with zero attached hydrogens (tertiary/aromatic N) is 1. The van der Waals surface area contributed by atoms with Crippen molar-refractivity contribution in [2.24, 2.45) is 11.3 Å². The number of hydrazine groups is 1. The first-order valence-corrected chi connectivity index (χ1v) is 10.1. The number of likely N-dealkylation sites (tertiary alicyclic amines) is 1. The minimum Gasteiger partial charge on any atom is -0.342 e. The van der Waals surface area contributed by atoms with E-state index in [1.165, 1.54) is 0 Å².